The van der Waals surface area contributed by atoms with Crippen LogP contribution in [0.2, 0.25) is 10.0 Å². The Morgan fingerprint density at radius 1 is 1.23 bits per heavy atom. The summed E-state index contributed by atoms with van der Waals surface area (Å²) in [5.41, 5.74) is 0.680. The van der Waals surface area contributed by atoms with Crippen LogP contribution in [0.5, 0.6) is 5.75 Å². The third-order valence-corrected chi connectivity index (χ3v) is 6.89. The summed E-state index contributed by atoms with van der Waals surface area (Å²) < 4.78 is 38.9. The van der Waals surface area contributed by atoms with Crippen molar-refractivity contribution in [3.8, 4) is 5.75 Å². The van der Waals surface area contributed by atoms with Gasteiger partial charge in [0.15, 0.2) is 0 Å². The average Bonchev–Trinajstić information content (AvgIpc) is 3.24. The molecule has 1 amide bonds. The van der Waals surface area contributed by atoms with Crippen LogP contribution < -0.4 is 14.8 Å². The minimum Gasteiger partial charge on any atom is -0.496 e. The van der Waals surface area contributed by atoms with Crippen molar-refractivity contribution in [2.75, 3.05) is 20.3 Å². The van der Waals surface area contributed by atoms with Crippen molar-refractivity contribution in [1.82, 2.24) is 10.0 Å². The Balaban J connectivity index is 1.78. The van der Waals surface area contributed by atoms with Gasteiger partial charge in [-0.2, -0.15) is 0 Å². The predicted molar refractivity (Wildman–Crippen MR) is 115 cm³/mol. The molecule has 0 radical (unpaired) electrons. The highest BCUT2D eigenvalue weighted by molar-refractivity contribution is 7.89. The summed E-state index contributed by atoms with van der Waals surface area (Å²) >= 11 is 12.3. The summed E-state index contributed by atoms with van der Waals surface area (Å²) in [5, 5.41) is 2.71. The summed E-state index contributed by atoms with van der Waals surface area (Å²) in [5.74, 6) is 0.0601. The SMILES string of the molecule is COc1ccccc1CNS(=O)(=O)c1cc(C(=O)NC[C@H]2CCCO2)c(Cl)cc1Cl. The number of ether oxygens (including phenoxy) is 2. The second-order valence-electron chi connectivity index (χ2n) is 6.74. The monoisotopic (exact) mass is 472 g/mol. The lowest BCUT2D eigenvalue weighted by molar-refractivity contribution is 0.0857. The number of benzene rings is 2. The molecule has 0 saturated carbocycles. The van der Waals surface area contributed by atoms with E-state index in [1.165, 1.54) is 19.2 Å². The summed E-state index contributed by atoms with van der Waals surface area (Å²) in [7, 11) is -2.51. The zero-order chi connectivity index (χ0) is 21.7. The number of carbonyl (C=O) groups excluding carboxylic acids is 1. The first-order chi connectivity index (χ1) is 14.3. The number of rotatable bonds is 8. The molecule has 2 N–H and O–H groups in total. The highest BCUT2D eigenvalue weighted by Gasteiger charge is 2.24. The number of methoxy groups -OCH3 is 1. The molecule has 162 valence electrons. The van der Waals surface area contributed by atoms with Crippen LogP contribution in [0.15, 0.2) is 41.3 Å². The molecule has 0 spiro atoms. The van der Waals surface area contributed by atoms with Crippen LogP contribution >= 0.6 is 23.2 Å². The summed E-state index contributed by atoms with van der Waals surface area (Å²) in [6.45, 7) is 0.986. The number of para-hydroxylation sites is 1. The number of sulfonamides is 1. The minimum absolute atomic E-state index is 0.00808. The molecule has 1 heterocycles. The summed E-state index contributed by atoms with van der Waals surface area (Å²) in [4.78, 5) is 12.3. The fourth-order valence-electron chi connectivity index (χ4n) is 3.12. The molecule has 1 fully saturated rings. The van der Waals surface area contributed by atoms with Gasteiger partial charge in [0.1, 0.15) is 10.6 Å². The third kappa shape index (κ3) is 5.44. The molecule has 0 aliphatic carbocycles. The Morgan fingerprint density at radius 3 is 2.70 bits per heavy atom. The van der Waals surface area contributed by atoms with Crippen LogP contribution in [0.4, 0.5) is 0 Å². The largest absolute Gasteiger partial charge is 0.496 e. The molecule has 1 atom stereocenters. The summed E-state index contributed by atoms with van der Waals surface area (Å²) in [6, 6.07) is 9.47. The van der Waals surface area contributed by atoms with Gasteiger partial charge in [-0.15, -0.1) is 0 Å². The van der Waals surface area contributed by atoms with Crippen molar-refractivity contribution in [3.63, 3.8) is 0 Å². The van der Waals surface area contributed by atoms with E-state index in [9.17, 15) is 13.2 Å². The molecule has 30 heavy (non-hydrogen) atoms. The van der Waals surface area contributed by atoms with E-state index < -0.39 is 15.9 Å². The van der Waals surface area contributed by atoms with Crippen molar-refractivity contribution in [2.45, 2.75) is 30.4 Å². The molecule has 2 aromatic rings. The highest BCUT2D eigenvalue weighted by Crippen LogP contribution is 2.29. The third-order valence-electron chi connectivity index (χ3n) is 4.72. The molecular formula is C20H22Cl2N2O5S. The molecule has 2 aromatic carbocycles. The Morgan fingerprint density at radius 2 is 2.00 bits per heavy atom. The maximum absolute atomic E-state index is 12.8. The normalized spacial score (nSPS) is 16.4. The average molecular weight is 473 g/mol. The number of hydrogen-bond donors (Lipinski definition) is 2. The van der Waals surface area contributed by atoms with E-state index in [1.807, 2.05) is 0 Å². The van der Waals surface area contributed by atoms with Crippen molar-refractivity contribution < 1.29 is 22.7 Å². The van der Waals surface area contributed by atoms with Crippen molar-refractivity contribution >= 4 is 39.1 Å². The number of halogens is 2. The van der Waals surface area contributed by atoms with Gasteiger partial charge in [0, 0.05) is 25.3 Å². The topological polar surface area (TPSA) is 93.7 Å². The smallest absolute Gasteiger partial charge is 0.252 e. The van der Waals surface area contributed by atoms with Crippen LogP contribution in [0.1, 0.15) is 28.8 Å². The van der Waals surface area contributed by atoms with E-state index in [0.717, 1.165) is 12.8 Å². The summed E-state index contributed by atoms with van der Waals surface area (Å²) in [6.07, 6.45) is 1.76. The minimum atomic E-state index is -4.02. The Hall–Kier alpha value is -1.84. The second-order valence-corrected chi connectivity index (χ2v) is 9.29. The van der Waals surface area contributed by atoms with Crippen LogP contribution in [-0.2, 0) is 21.3 Å². The van der Waals surface area contributed by atoms with E-state index >= 15 is 0 Å². The number of nitrogens with one attached hydrogen (secondary N) is 2. The predicted octanol–water partition coefficient (Wildman–Crippen LogP) is 3.39. The zero-order valence-corrected chi connectivity index (χ0v) is 18.6. The van der Waals surface area contributed by atoms with E-state index in [2.05, 4.69) is 10.0 Å². The van der Waals surface area contributed by atoms with E-state index in [-0.39, 0.29) is 33.2 Å². The highest BCUT2D eigenvalue weighted by atomic mass is 35.5. The maximum atomic E-state index is 12.8. The van der Waals surface area contributed by atoms with E-state index in [0.29, 0.717) is 24.5 Å². The first-order valence-electron chi connectivity index (χ1n) is 9.32. The van der Waals surface area contributed by atoms with Gasteiger partial charge in [0.2, 0.25) is 10.0 Å². The van der Waals surface area contributed by atoms with Gasteiger partial charge >= 0.3 is 0 Å². The van der Waals surface area contributed by atoms with Crippen LogP contribution in [0, 0.1) is 0 Å². The molecule has 0 bridgehead atoms. The van der Waals surface area contributed by atoms with Crippen LogP contribution in [0.25, 0.3) is 0 Å². The van der Waals surface area contributed by atoms with Gasteiger partial charge in [-0.05, 0) is 31.0 Å². The Kier molecular flexibility index (Phi) is 7.60. The van der Waals surface area contributed by atoms with Gasteiger partial charge in [-0.3, -0.25) is 4.79 Å². The van der Waals surface area contributed by atoms with Crippen molar-refractivity contribution in [3.05, 3.63) is 57.6 Å². The lowest BCUT2D eigenvalue weighted by atomic mass is 10.2. The van der Waals surface area contributed by atoms with Crippen molar-refractivity contribution in [1.29, 1.82) is 0 Å². The number of amides is 1. The fourth-order valence-corrected chi connectivity index (χ4v) is 4.98. The molecule has 10 heteroatoms. The molecule has 0 aromatic heterocycles. The van der Waals surface area contributed by atoms with Gasteiger partial charge in [-0.25, -0.2) is 13.1 Å². The zero-order valence-electron chi connectivity index (χ0n) is 16.3. The molecule has 3 rings (SSSR count). The maximum Gasteiger partial charge on any atom is 0.252 e. The Bertz CT molecular complexity index is 1020. The standard InChI is InChI=1S/C20H22Cl2N2O5S/c1-28-18-7-3-2-5-13(18)11-24-30(26,27)19-9-15(16(21)10-17(19)22)20(25)23-12-14-6-4-8-29-14/h2-3,5,7,9-10,14,24H,4,6,8,11-12H2,1H3,(H,23,25)/t14-/m1/s1. The molecule has 1 aliphatic heterocycles. The van der Waals surface area contributed by atoms with Crippen molar-refractivity contribution in [2.24, 2.45) is 0 Å². The molecule has 0 unspecified atom stereocenters. The van der Waals surface area contributed by atoms with Gasteiger partial charge in [0.25, 0.3) is 5.91 Å². The quantitative estimate of drug-likeness (QED) is 0.613. The van der Waals surface area contributed by atoms with Gasteiger partial charge in [0.05, 0.1) is 28.8 Å². The van der Waals surface area contributed by atoms with Crippen LogP contribution in [-0.4, -0.2) is 40.7 Å². The molecule has 1 saturated heterocycles. The fraction of sp³-hybridized carbons (Fsp3) is 0.350. The first-order valence-corrected chi connectivity index (χ1v) is 11.6. The molecule has 1 aliphatic rings. The second kappa shape index (κ2) is 9.98. The molecular weight excluding hydrogens is 451 g/mol. The lowest BCUT2D eigenvalue weighted by Gasteiger charge is -2.14. The molecule has 7 nitrogen and oxygen atoms in total. The first kappa shape index (κ1) is 22.8. The van der Waals surface area contributed by atoms with E-state index in [1.54, 1.807) is 24.3 Å². The van der Waals surface area contributed by atoms with E-state index in [4.69, 9.17) is 32.7 Å². The van der Waals surface area contributed by atoms with Crippen LogP contribution in [0.3, 0.4) is 0 Å². The lowest BCUT2D eigenvalue weighted by Crippen LogP contribution is -2.32. The number of carbonyl (C=O) groups is 1. The Labute approximate surface area is 185 Å². The number of hydrogen-bond acceptors (Lipinski definition) is 5. The van der Waals surface area contributed by atoms with Gasteiger partial charge in [-0.1, -0.05) is 41.4 Å². The van der Waals surface area contributed by atoms with Gasteiger partial charge < -0.3 is 14.8 Å².